The van der Waals surface area contributed by atoms with Gasteiger partial charge >= 0.3 is 6.03 Å². The molecule has 1 atom stereocenters. The van der Waals surface area contributed by atoms with Crippen LogP contribution in [0.15, 0.2) is 24.3 Å². The van der Waals surface area contributed by atoms with E-state index in [2.05, 4.69) is 16.0 Å². The molecule has 1 fully saturated rings. The first-order valence-corrected chi connectivity index (χ1v) is 7.76. The highest BCUT2D eigenvalue weighted by Gasteiger charge is 2.49. The highest BCUT2D eigenvalue weighted by Crippen LogP contribution is 2.28. The zero-order valence-corrected chi connectivity index (χ0v) is 13.7. The Hall–Kier alpha value is -2.48. The average molecular weight is 336 g/mol. The van der Waals surface area contributed by atoms with E-state index in [0.29, 0.717) is 18.7 Å². The molecule has 0 saturated carbocycles. The third-order valence-corrected chi connectivity index (χ3v) is 3.87. The molecule has 1 aromatic rings. The number of nitrogens with one attached hydrogen (secondary N) is 3. The molecule has 1 unspecified atom stereocenters. The largest absolute Gasteiger partial charge is 0.353 e. The molecule has 0 aliphatic carbocycles. The van der Waals surface area contributed by atoms with E-state index >= 15 is 0 Å². The number of carbonyl (C=O) groups is 3. The van der Waals surface area contributed by atoms with Gasteiger partial charge in [-0.3, -0.25) is 14.5 Å². The summed E-state index contributed by atoms with van der Waals surface area (Å²) in [6, 6.07) is 4.67. The molecule has 0 bridgehead atoms. The molecule has 24 heavy (non-hydrogen) atoms. The summed E-state index contributed by atoms with van der Waals surface area (Å²) in [5.41, 5.74) is -0.855. The van der Waals surface area contributed by atoms with Gasteiger partial charge in [0.15, 0.2) is 0 Å². The van der Waals surface area contributed by atoms with Crippen LogP contribution in [-0.2, 0) is 15.1 Å². The van der Waals surface area contributed by atoms with E-state index in [1.807, 2.05) is 6.92 Å². The summed E-state index contributed by atoms with van der Waals surface area (Å²) < 4.78 is 13.1. The van der Waals surface area contributed by atoms with Crippen molar-refractivity contribution in [2.75, 3.05) is 26.2 Å². The smallest absolute Gasteiger partial charge is 0.325 e. The van der Waals surface area contributed by atoms with Gasteiger partial charge in [-0.2, -0.15) is 0 Å². The second-order valence-electron chi connectivity index (χ2n) is 5.66. The molecule has 0 radical (unpaired) electrons. The van der Waals surface area contributed by atoms with Crippen molar-refractivity contribution < 1.29 is 18.8 Å². The minimum Gasteiger partial charge on any atom is -0.353 e. The van der Waals surface area contributed by atoms with Crippen molar-refractivity contribution in [1.29, 1.82) is 0 Å². The summed E-state index contributed by atoms with van der Waals surface area (Å²) in [5.74, 6) is -1.39. The Kier molecular flexibility index (Phi) is 5.50. The minimum absolute atomic E-state index is 0.354. The van der Waals surface area contributed by atoms with E-state index in [1.165, 1.54) is 31.2 Å². The number of likely N-dealkylation sites (N-methyl/N-ethyl adjacent to an activating group) is 1. The minimum atomic E-state index is -1.31. The second kappa shape index (κ2) is 7.39. The van der Waals surface area contributed by atoms with Crippen LogP contribution in [0.25, 0.3) is 0 Å². The molecule has 1 aliphatic rings. The normalized spacial score (nSPS) is 20.2. The van der Waals surface area contributed by atoms with Crippen LogP contribution >= 0.6 is 0 Å². The number of hydrogen-bond acceptors (Lipinski definition) is 4. The van der Waals surface area contributed by atoms with Gasteiger partial charge in [0.1, 0.15) is 17.9 Å². The number of benzene rings is 1. The third-order valence-electron chi connectivity index (χ3n) is 3.87. The highest BCUT2D eigenvalue weighted by molar-refractivity contribution is 6.09. The number of carbonyl (C=O) groups excluding carboxylic acids is 3. The first kappa shape index (κ1) is 17.9. The van der Waals surface area contributed by atoms with Crippen molar-refractivity contribution in [3.8, 4) is 0 Å². The number of halogens is 1. The van der Waals surface area contributed by atoms with Crippen molar-refractivity contribution in [3.05, 3.63) is 35.6 Å². The fourth-order valence-corrected chi connectivity index (χ4v) is 2.49. The zero-order valence-electron chi connectivity index (χ0n) is 13.7. The van der Waals surface area contributed by atoms with Gasteiger partial charge in [-0.25, -0.2) is 9.18 Å². The Labute approximate surface area is 139 Å². The summed E-state index contributed by atoms with van der Waals surface area (Å²) in [4.78, 5) is 37.4. The van der Waals surface area contributed by atoms with Crippen LogP contribution in [0.4, 0.5) is 9.18 Å². The van der Waals surface area contributed by atoms with Crippen molar-refractivity contribution in [2.45, 2.75) is 19.4 Å². The number of rotatable bonds is 7. The molecule has 7 nitrogen and oxygen atoms in total. The maximum Gasteiger partial charge on any atom is 0.325 e. The van der Waals surface area contributed by atoms with Crippen LogP contribution in [0.5, 0.6) is 0 Å². The summed E-state index contributed by atoms with van der Waals surface area (Å²) in [5, 5.41) is 8.25. The van der Waals surface area contributed by atoms with Crippen molar-refractivity contribution in [3.63, 3.8) is 0 Å². The summed E-state index contributed by atoms with van der Waals surface area (Å²) in [7, 11) is 0. The standard InChI is InChI=1S/C16H21FN4O3/c1-3-18-8-9-19-13(22)10-21-14(23)16(2,20-15(21)24)11-4-6-12(17)7-5-11/h4-7,18H,3,8-10H2,1-2H3,(H,19,22)(H,20,24). The molecule has 2 rings (SSSR count). The van der Waals surface area contributed by atoms with E-state index in [1.54, 1.807) is 0 Å². The van der Waals surface area contributed by atoms with Gasteiger partial charge in [0.2, 0.25) is 5.91 Å². The van der Waals surface area contributed by atoms with Crippen molar-refractivity contribution >= 4 is 17.8 Å². The van der Waals surface area contributed by atoms with Gasteiger partial charge in [0, 0.05) is 13.1 Å². The summed E-state index contributed by atoms with van der Waals surface area (Å²) in [6.07, 6.45) is 0. The molecule has 4 amide bonds. The monoisotopic (exact) mass is 336 g/mol. The molecule has 130 valence electrons. The molecule has 8 heteroatoms. The topological polar surface area (TPSA) is 90.5 Å². The Morgan fingerprint density at radius 1 is 1.25 bits per heavy atom. The van der Waals surface area contributed by atoms with Crippen LogP contribution in [0.2, 0.25) is 0 Å². The Balaban J connectivity index is 2.03. The molecule has 1 aliphatic heterocycles. The quantitative estimate of drug-likeness (QED) is 0.494. The SMILES string of the molecule is CCNCCNC(=O)CN1C(=O)NC(C)(c2ccc(F)cc2)C1=O. The van der Waals surface area contributed by atoms with Crippen molar-refractivity contribution in [2.24, 2.45) is 0 Å². The zero-order chi connectivity index (χ0) is 17.7. The molecule has 1 saturated heterocycles. The first-order chi connectivity index (χ1) is 11.4. The fourth-order valence-electron chi connectivity index (χ4n) is 2.49. The lowest BCUT2D eigenvalue weighted by molar-refractivity contribution is -0.134. The predicted molar refractivity (Wildman–Crippen MR) is 85.6 cm³/mol. The Morgan fingerprint density at radius 2 is 1.92 bits per heavy atom. The Morgan fingerprint density at radius 3 is 2.54 bits per heavy atom. The van der Waals surface area contributed by atoms with E-state index < -0.39 is 29.2 Å². The maximum absolute atomic E-state index is 13.1. The van der Waals surface area contributed by atoms with Gasteiger partial charge < -0.3 is 16.0 Å². The molecule has 1 heterocycles. The van der Waals surface area contributed by atoms with E-state index in [4.69, 9.17) is 0 Å². The van der Waals surface area contributed by atoms with Crippen molar-refractivity contribution in [1.82, 2.24) is 20.9 Å². The van der Waals surface area contributed by atoms with E-state index in [-0.39, 0.29) is 6.54 Å². The predicted octanol–water partition coefficient (Wildman–Crippen LogP) is 0.318. The number of urea groups is 1. The fraction of sp³-hybridized carbons (Fsp3) is 0.438. The lowest BCUT2D eigenvalue weighted by Gasteiger charge is -2.22. The van der Waals surface area contributed by atoms with Gasteiger partial charge in [-0.15, -0.1) is 0 Å². The number of amides is 4. The van der Waals surface area contributed by atoms with Crippen LogP contribution in [-0.4, -0.2) is 48.9 Å². The van der Waals surface area contributed by atoms with Gasteiger partial charge in [-0.1, -0.05) is 19.1 Å². The summed E-state index contributed by atoms with van der Waals surface area (Å²) >= 11 is 0. The maximum atomic E-state index is 13.1. The van der Waals surface area contributed by atoms with E-state index in [9.17, 15) is 18.8 Å². The lowest BCUT2D eigenvalue weighted by Crippen LogP contribution is -2.44. The van der Waals surface area contributed by atoms with E-state index in [0.717, 1.165) is 11.4 Å². The number of nitrogens with zero attached hydrogens (tertiary/aromatic N) is 1. The second-order valence-corrected chi connectivity index (χ2v) is 5.66. The number of hydrogen-bond donors (Lipinski definition) is 3. The molecular weight excluding hydrogens is 315 g/mol. The summed E-state index contributed by atoms with van der Waals surface area (Å²) in [6.45, 7) is 4.93. The Bertz CT molecular complexity index is 635. The third kappa shape index (κ3) is 3.70. The van der Waals surface area contributed by atoms with Gasteiger partial charge in [-0.05, 0) is 31.2 Å². The highest BCUT2D eigenvalue weighted by atomic mass is 19.1. The van der Waals surface area contributed by atoms with Gasteiger partial charge in [0.05, 0.1) is 0 Å². The molecule has 1 aromatic carbocycles. The molecule has 0 spiro atoms. The van der Waals surface area contributed by atoms with Crippen LogP contribution in [0, 0.1) is 5.82 Å². The lowest BCUT2D eigenvalue weighted by atomic mass is 9.92. The van der Waals surface area contributed by atoms with Gasteiger partial charge in [0.25, 0.3) is 5.91 Å². The van der Waals surface area contributed by atoms with Crippen LogP contribution < -0.4 is 16.0 Å². The molecule has 0 aromatic heterocycles. The van der Waals surface area contributed by atoms with Crippen LogP contribution in [0.1, 0.15) is 19.4 Å². The molecular formula is C16H21FN4O3. The van der Waals surface area contributed by atoms with Crippen LogP contribution in [0.3, 0.4) is 0 Å². The first-order valence-electron chi connectivity index (χ1n) is 7.76. The molecule has 3 N–H and O–H groups in total. The number of imide groups is 1. The average Bonchev–Trinajstić information content (AvgIpc) is 2.76.